The van der Waals surface area contributed by atoms with Crippen LogP contribution in [0.25, 0.3) is 0 Å². The first kappa shape index (κ1) is 19.9. The second-order valence-electron chi connectivity index (χ2n) is 7.49. The number of amides is 1. The van der Waals surface area contributed by atoms with Crippen molar-refractivity contribution in [2.24, 2.45) is 10.7 Å². The molecule has 148 valence electrons. The summed E-state index contributed by atoms with van der Waals surface area (Å²) in [5, 5.41) is 3.14. The molecule has 0 spiro atoms. The second-order valence-corrected chi connectivity index (χ2v) is 7.49. The van der Waals surface area contributed by atoms with E-state index in [2.05, 4.69) is 48.4 Å². The van der Waals surface area contributed by atoms with Gasteiger partial charge in [0.15, 0.2) is 5.96 Å². The molecule has 1 aliphatic heterocycles. The maximum atomic E-state index is 11.7. The number of guanidine groups is 1. The van der Waals surface area contributed by atoms with Gasteiger partial charge in [0, 0.05) is 25.2 Å². The summed E-state index contributed by atoms with van der Waals surface area (Å²) in [7, 11) is 0. The lowest BCUT2D eigenvalue weighted by atomic mass is 9.99. The standard InChI is InChI=1S/C23H30N4O/c1-3-17(2)20-10-12-21(13-11-20)26-23(24)25-15-18-6-8-19(9-7-18)16-27-14-4-5-22(27)28/h6-13,17H,3-5,14-16H2,1-2H3,(H3,24,25,26). The monoisotopic (exact) mass is 378 g/mol. The van der Waals surface area contributed by atoms with Crippen molar-refractivity contribution in [2.45, 2.75) is 52.1 Å². The van der Waals surface area contributed by atoms with Crippen LogP contribution in [0.5, 0.6) is 0 Å². The number of nitrogens with zero attached hydrogens (tertiary/aromatic N) is 2. The first-order chi connectivity index (χ1) is 13.5. The molecule has 1 fully saturated rings. The fourth-order valence-corrected chi connectivity index (χ4v) is 3.34. The number of likely N-dealkylation sites (tertiary alicyclic amines) is 1. The van der Waals surface area contributed by atoms with Crippen LogP contribution >= 0.6 is 0 Å². The molecular formula is C23H30N4O. The number of aliphatic imine (C=N–C) groups is 1. The van der Waals surface area contributed by atoms with Gasteiger partial charge in [-0.05, 0) is 47.6 Å². The number of benzene rings is 2. The molecule has 5 heteroatoms. The van der Waals surface area contributed by atoms with Gasteiger partial charge in [-0.1, -0.05) is 50.2 Å². The van der Waals surface area contributed by atoms with Gasteiger partial charge >= 0.3 is 0 Å². The Morgan fingerprint density at radius 2 is 1.82 bits per heavy atom. The third-order valence-electron chi connectivity index (χ3n) is 5.36. The molecule has 1 unspecified atom stereocenters. The van der Waals surface area contributed by atoms with Crippen molar-refractivity contribution in [1.82, 2.24) is 4.90 Å². The fraction of sp³-hybridized carbons (Fsp3) is 0.391. The number of hydrogen-bond donors (Lipinski definition) is 2. The lowest BCUT2D eigenvalue weighted by Gasteiger charge is -2.15. The zero-order valence-electron chi connectivity index (χ0n) is 16.8. The first-order valence-electron chi connectivity index (χ1n) is 10.1. The molecule has 1 heterocycles. The quantitative estimate of drug-likeness (QED) is 0.559. The average molecular weight is 379 g/mol. The summed E-state index contributed by atoms with van der Waals surface area (Å²) in [6.45, 7) is 6.50. The SMILES string of the molecule is CCC(C)c1ccc(NC(N)=NCc2ccc(CN3CCCC3=O)cc2)cc1. The van der Waals surface area contributed by atoms with Gasteiger partial charge in [0.2, 0.25) is 5.91 Å². The van der Waals surface area contributed by atoms with Gasteiger partial charge in [-0.15, -0.1) is 0 Å². The minimum atomic E-state index is 0.254. The zero-order valence-corrected chi connectivity index (χ0v) is 16.8. The highest BCUT2D eigenvalue weighted by Gasteiger charge is 2.19. The molecule has 1 aliphatic rings. The maximum absolute atomic E-state index is 11.7. The van der Waals surface area contributed by atoms with E-state index in [1.165, 1.54) is 5.56 Å². The molecule has 0 radical (unpaired) electrons. The van der Waals surface area contributed by atoms with Crippen LogP contribution in [0.2, 0.25) is 0 Å². The molecule has 28 heavy (non-hydrogen) atoms. The number of nitrogens with two attached hydrogens (primary N) is 1. The van der Waals surface area contributed by atoms with Crippen LogP contribution in [0.3, 0.4) is 0 Å². The third-order valence-corrected chi connectivity index (χ3v) is 5.36. The Balaban J connectivity index is 1.52. The van der Waals surface area contributed by atoms with Crippen LogP contribution in [0.1, 0.15) is 55.7 Å². The Hall–Kier alpha value is -2.82. The molecule has 0 saturated carbocycles. The predicted molar refractivity (Wildman–Crippen MR) is 115 cm³/mol. The van der Waals surface area contributed by atoms with Gasteiger partial charge in [0.25, 0.3) is 0 Å². The molecule has 2 aromatic carbocycles. The summed E-state index contributed by atoms with van der Waals surface area (Å²) in [5.74, 6) is 1.22. The van der Waals surface area contributed by atoms with E-state index in [1.807, 2.05) is 29.2 Å². The molecular weight excluding hydrogens is 348 g/mol. The van der Waals surface area contributed by atoms with Crippen LogP contribution < -0.4 is 11.1 Å². The lowest BCUT2D eigenvalue weighted by Crippen LogP contribution is -2.23. The highest BCUT2D eigenvalue weighted by Crippen LogP contribution is 2.20. The molecule has 1 saturated heterocycles. The van der Waals surface area contributed by atoms with Crippen molar-refractivity contribution in [3.63, 3.8) is 0 Å². The minimum absolute atomic E-state index is 0.254. The van der Waals surface area contributed by atoms with E-state index in [9.17, 15) is 4.79 Å². The van der Waals surface area contributed by atoms with Gasteiger partial charge in [0.05, 0.1) is 6.54 Å². The normalized spacial score (nSPS) is 15.7. The smallest absolute Gasteiger partial charge is 0.222 e. The summed E-state index contributed by atoms with van der Waals surface area (Å²) in [4.78, 5) is 18.1. The number of carbonyl (C=O) groups excluding carboxylic acids is 1. The van der Waals surface area contributed by atoms with Crippen molar-refractivity contribution >= 4 is 17.6 Å². The van der Waals surface area contributed by atoms with Crippen molar-refractivity contribution in [1.29, 1.82) is 0 Å². The largest absolute Gasteiger partial charge is 0.370 e. The maximum Gasteiger partial charge on any atom is 0.222 e. The Morgan fingerprint density at radius 1 is 1.14 bits per heavy atom. The number of hydrogen-bond acceptors (Lipinski definition) is 2. The van der Waals surface area contributed by atoms with E-state index in [0.717, 1.165) is 36.2 Å². The molecule has 1 amide bonds. The number of nitrogens with one attached hydrogen (secondary N) is 1. The number of rotatable bonds is 7. The fourth-order valence-electron chi connectivity index (χ4n) is 3.34. The van der Waals surface area contributed by atoms with Gasteiger partial charge in [-0.25, -0.2) is 4.99 Å². The summed E-state index contributed by atoms with van der Waals surface area (Å²) < 4.78 is 0. The van der Waals surface area contributed by atoms with Crippen LogP contribution in [0.15, 0.2) is 53.5 Å². The van der Waals surface area contributed by atoms with E-state index in [-0.39, 0.29) is 5.91 Å². The predicted octanol–water partition coefficient (Wildman–Crippen LogP) is 4.25. The topological polar surface area (TPSA) is 70.7 Å². The Kier molecular flexibility index (Phi) is 6.69. The molecule has 0 bridgehead atoms. The molecule has 3 rings (SSSR count). The van der Waals surface area contributed by atoms with E-state index < -0.39 is 0 Å². The van der Waals surface area contributed by atoms with Crippen LogP contribution in [-0.4, -0.2) is 23.3 Å². The number of carbonyl (C=O) groups is 1. The van der Waals surface area contributed by atoms with Crippen molar-refractivity contribution < 1.29 is 4.79 Å². The highest BCUT2D eigenvalue weighted by molar-refractivity contribution is 5.92. The minimum Gasteiger partial charge on any atom is -0.370 e. The van der Waals surface area contributed by atoms with Crippen LogP contribution in [-0.2, 0) is 17.9 Å². The lowest BCUT2D eigenvalue weighted by molar-refractivity contribution is -0.128. The molecule has 1 atom stereocenters. The van der Waals surface area contributed by atoms with E-state index in [4.69, 9.17) is 5.73 Å². The van der Waals surface area contributed by atoms with Crippen LogP contribution in [0, 0.1) is 0 Å². The Morgan fingerprint density at radius 3 is 2.43 bits per heavy atom. The zero-order chi connectivity index (χ0) is 19.9. The highest BCUT2D eigenvalue weighted by atomic mass is 16.2. The molecule has 3 N–H and O–H groups in total. The van der Waals surface area contributed by atoms with Crippen LogP contribution in [0.4, 0.5) is 5.69 Å². The number of anilines is 1. The van der Waals surface area contributed by atoms with E-state index in [1.54, 1.807) is 0 Å². The Bertz CT molecular complexity index is 812. The van der Waals surface area contributed by atoms with Gasteiger partial charge in [0.1, 0.15) is 0 Å². The van der Waals surface area contributed by atoms with Gasteiger partial charge in [-0.2, -0.15) is 0 Å². The van der Waals surface area contributed by atoms with E-state index in [0.29, 0.717) is 31.4 Å². The molecule has 5 nitrogen and oxygen atoms in total. The average Bonchev–Trinajstić information content (AvgIpc) is 3.12. The van der Waals surface area contributed by atoms with Crippen molar-refractivity contribution in [3.05, 3.63) is 65.2 Å². The van der Waals surface area contributed by atoms with Gasteiger partial charge in [-0.3, -0.25) is 4.79 Å². The van der Waals surface area contributed by atoms with E-state index >= 15 is 0 Å². The summed E-state index contributed by atoms with van der Waals surface area (Å²) in [6, 6.07) is 16.6. The van der Waals surface area contributed by atoms with Crippen molar-refractivity contribution in [3.8, 4) is 0 Å². The summed E-state index contributed by atoms with van der Waals surface area (Å²) in [5.41, 5.74) is 10.5. The molecule has 2 aromatic rings. The van der Waals surface area contributed by atoms with Gasteiger partial charge < -0.3 is 16.0 Å². The van der Waals surface area contributed by atoms with Crippen molar-refractivity contribution in [2.75, 3.05) is 11.9 Å². The molecule has 0 aliphatic carbocycles. The molecule has 0 aromatic heterocycles. The summed E-state index contributed by atoms with van der Waals surface area (Å²) in [6.07, 6.45) is 2.78. The second kappa shape index (κ2) is 9.40. The Labute approximate surface area is 167 Å². The first-order valence-corrected chi connectivity index (χ1v) is 10.1. The summed E-state index contributed by atoms with van der Waals surface area (Å²) >= 11 is 0. The third kappa shape index (κ3) is 5.35.